The third-order valence-corrected chi connectivity index (χ3v) is 5.86. The van der Waals surface area contributed by atoms with Gasteiger partial charge in [-0.25, -0.2) is 0 Å². The molecule has 28 heavy (non-hydrogen) atoms. The van der Waals surface area contributed by atoms with Gasteiger partial charge in [0.25, 0.3) is 0 Å². The quantitative estimate of drug-likeness (QED) is 0.859. The molecule has 1 amide bonds. The van der Waals surface area contributed by atoms with Gasteiger partial charge in [0.1, 0.15) is 6.10 Å². The number of rotatable bonds is 5. The molecule has 0 radical (unpaired) electrons. The molecule has 6 heteroatoms. The van der Waals surface area contributed by atoms with Crippen LogP contribution in [-0.2, 0) is 11.2 Å². The van der Waals surface area contributed by atoms with E-state index in [9.17, 15) is 9.90 Å². The lowest BCUT2D eigenvalue weighted by atomic mass is 9.78. The van der Waals surface area contributed by atoms with Crippen LogP contribution < -0.4 is 9.47 Å². The molecule has 1 saturated carbocycles. The summed E-state index contributed by atoms with van der Waals surface area (Å²) in [6.45, 7) is 1.43. The number of benzene rings is 1. The molecule has 1 aromatic heterocycles. The summed E-state index contributed by atoms with van der Waals surface area (Å²) in [4.78, 5) is 18.7. The van der Waals surface area contributed by atoms with E-state index in [-0.39, 0.29) is 12.0 Å². The fourth-order valence-electron chi connectivity index (χ4n) is 4.39. The molecule has 1 N–H and O–H groups in total. The highest BCUT2D eigenvalue weighted by Gasteiger charge is 2.44. The van der Waals surface area contributed by atoms with Gasteiger partial charge in [0.2, 0.25) is 5.91 Å². The lowest BCUT2D eigenvalue weighted by Crippen LogP contribution is -2.42. The molecule has 0 unspecified atom stereocenters. The number of fused-ring (bicyclic) bond motifs is 1. The molecular weight excluding hydrogens is 356 g/mol. The highest BCUT2D eigenvalue weighted by Crippen LogP contribution is 2.39. The molecule has 1 saturated heterocycles. The van der Waals surface area contributed by atoms with Crippen LogP contribution in [0.15, 0.2) is 48.8 Å². The number of hydrogen-bond donors (Lipinski definition) is 1. The van der Waals surface area contributed by atoms with Crippen LogP contribution in [0.1, 0.15) is 18.4 Å². The summed E-state index contributed by atoms with van der Waals surface area (Å²) in [5.41, 5.74) is 0.930. The van der Waals surface area contributed by atoms with Gasteiger partial charge in [-0.2, -0.15) is 0 Å². The number of hydrogen-bond acceptors (Lipinski definition) is 5. The van der Waals surface area contributed by atoms with Gasteiger partial charge >= 0.3 is 0 Å². The standard InChI is InChI=1S/C22H26N2O4/c1-27-19-6-2-3-7-20(19)28-21-11-17-14-24(13-16(17)10-18(21)25)22(26)9-15-5-4-8-23-12-15/h2-8,12,16-18,21,25H,9-11,13-14H2,1H3/t16-,17+,18+,21+/m0/s1. The normalized spacial score (nSPS) is 26.6. The maximum Gasteiger partial charge on any atom is 0.227 e. The number of nitrogens with zero attached hydrogens (tertiary/aromatic N) is 2. The highest BCUT2D eigenvalue weighted by atomic mass is 16.5. The number of aromatic nitrogens is 1. The van der Waals surface area contributed by atoms with E-state index >= 15 is 0 Å². The van der Waals surface area contributed by atoms with Crippen molar-refractivity contribution in [3.8, 4) is 11.5 Å². The number of amides is 1. The molecule has 2 fully saturated rings. The molecule has 0 spiro atoms. The smallest absolute Gasteiger partial charge is 0.227 e. The summed E-state index contributed by atoms with van der Waals surface area (Å²) in [5, 5.41) is 10.6. The Labute approximate surface area is 165 Å². The Balaban J connectivity index is 1.39. The number of pyridine rings is 1. The van der Waals surface area contributed by atoms with E-state index in [0.29, 0.717) is 42.7 Å². The molecule has 6 nitrogen and oxygen atoms in total. The second kappa shape index (κ2) is 8.19. The maximum atomic E-state index is 12.7. The minimum Gasteiger partial charge on any atom is -0.493 e. The Morgan fingerprint density at radius 3 is 2.61 bits per heavy atom. The molecule has 0 bridgehead atoms. The lowest BCUT2D eigenvalue weighted by Gasteiger charge is -2.35. The number of para-hydroxylation sites is 2. The molecule has 1 aliphatic heterocycles. The van der Waals surface area contributed by atoms with Crippen LogP contribution >= 0.6 is 0 Å². The first-order chi connectivity index (χ1) is 13.6. The molecule has 2 aliphatic rings. The third kappa shape index (κ3) is 3.97. The highest BCUT2D eigenvalue weighted by molar-refractivity contribution is 5.79. The first kappa shape index (κ1) is 18.7. The van der Waals surface area contributed by atoms with E-state index in [1.165, 1.54) is 0 Å². The van der Waals surface area contributed by atoms with Crippen molar-refractivity contribution in [2.24, 2.45) is 11.8 Å². The van der Waals surface area contributed by atoms with Crippen LogP contribution in [0.5, 0.6) is 11.5 Å². The summed E-state index contributed by atoms with van der Waals surface area (Å²) in [6.07, 6.45) is 4.38. The largest absolute Gasteiger partial charge is 0.493 e. The number of methoxy groups -OCH3 is 1. The molecule has 4 rings (SSSR count). The van der Waals surface area contributed by atoms with Gasteiger partial charge in [0.15, 0.2) is 11.5 Å². The number of aliphatic hydroxyl groups excluding tert-OH is 1. The maximum absolute atomic E-state index is 12.7. The van der Waals surface area contributed by atoms with Crippen LogP contribution in [0, 0.1) is 11.8 Å². The van der Waals surface area contributed by atoms with E-state index in [1.807, 2.05) is 41.3 Å². The van der Waals surface area contributed by atoms with Crippen LogP contribution in [0.2, 0.25) is 0 Å². The van der Waals surface area contributed by atoms with Gasteiger partial charge in [-0.1, -0.05) is 18.2 Å². The number of ether oxygens (including phenoxy) is 2. The summed E-state index contributed by atoms with van der Waals surface area (Å²) in [6, 6.07) is 11.3. The van der Waals surface area contributed by atoms with Crippen molar-refractivity contribution in [2.75, 3.05) is 20.2 Å². The van der Waals surface area contributed by atoms with E-state index < -0.39 is 6.10 Å². The van der Waals surface area contributed by atoms with Crippen molar-refractivity contribution >= 4 is 5.91 Å². The predicted molar refractivity (Wildman–Crippen MR) is 104 cm³/mol. The van der Waals surface area contributed by atoms with Crippen molar-refractivity contribution < 1.29 is 19.4 Å². The van der Waals surface area contributed by atoms with E-state index in [1.54, 1.807) is 19.5 Å². The molecule has 148 valence electrons. The Morgan fingerprint density at radius 1 is 1.14 bits per heavy atom. The zero-order valence-electron chi connectivity index (χ0n) is 16.0. The summed E-state index contributed by atoms with van der Waals surface area (Å²) in [5.74, 6) is 2.11. The summed E-state index contributed by atoms with van der Waals surface area (Å²) < 4.78 is 11.5. The van der Waals surface area contributed by atoms with E-state index in [0.717, 1.165) is 18.5 Å². The fourth-order valence-corrected chi connectivity index (χ4v) is 4.39. The zero-order chi connectivity index (χ0) is 19.5. The predicted octanol–water partition coefficient (Wildman–Crippen LogP) is 2.31. The Kier molecular flexibility index (Phi) is 5.48. The van der Waals surface area contributed by atoms with Gasteiger partial charge in [-0.3, -0.25) is 9.78 Å². The van der Waals surface area contributed by atoms with Crippen LogP contribution in [0.25, 0.3) is 0 Å². The second-order valence-electron chi connectivity index (χ2n) is 7.70. The van der Waals surface area contributed by atoms with Crippen molar-refractivity contribution in [2.45, 2.75) is 31.5 Å². The van der Waals surface area contributed by atoms with E-state index in [2.05, 4.69) is 4.98 Å². The van der Waals surface area contributed by atoms with Crippen LogP contribution in [-0.4, -0.2) is 53.3 Å². The average molecular weight is 382 g/mol. The minimum atomic E-state index is -0.542. The second-order valence-corrected chi connectivity index (χ2v) is 7.70. The van der Waals surface area contributed by atoms with Gasteiger partial charge < -0.3 is 19.5 Å². The van der Waals surface area contributed by atoms with Crippen LogP contribution in [0.3, 0.4) is 0 Å². The number of carbonyl (C=O) groups is 1. The van der Waals surface area contributed by atoms with Crippen LogP contribution in [0.4, 0.5) is 0 Å². The van der Waals surface area contributed by atoms with Crippen molar-refractivity contribution in [3.63, 3.8) is 0 Å². The molecule has 2 heterocycles. The molecule has 2 aromatic rings. The van der Waals surface area contributed by atoms with Crippen molar-refractivity contribution in [1.82, 2.24) is 9.88 Å². The van der Waals surface area contributed by atoms with Crippen molar-refractivity contribution in [1.29, 1.82) is 0 Å². The van der Waals surface area contributed by atoms with Gasteiger partial charge in [-0.15, -0.1) is 0 Å². The molecule has 1 aliphatic carbocycles. The average Bonchev–Trinajstić information content (AvgIpc) is 3.12. The zero-order valence-corrected chi connectivity index (χ0v) is 16.0. The molecule has 4 atom stereocenters. The molecular formula is C22H26N2O4. The first-order valence-electron chi connectivity index (χ1n) is 9.78. The van der Waals surface area contributed by atoms with Gasteiger partial charge in [0.05, 0.1) is 19.6 Å². The third-order valence-electron chi connectivity index (χ3n) is 5.86. The number of carbonyl (C=O) groups excluding carboxylic acids is 1. The lowest BCUT2D eigenvalue weighted by molar-refractivity contribution is -0.129. The number of aliphatic hydroxyl groups is 1. The van der Waals surface area contributed by atoms with E-state index in [4.69, 9.17) is 9.47 Å². The monoisotopic (exact) mass is 382 g/mol. The molecule has 1 aromatic carbocycles. The number of likely N-dealkylation sites (tertiary alicyclic amines) is 1. The minimum absolute atomic E-state index is 0.124. The van der Waals surface area contributed by atoms with Gasteiger partial charge in [0, 0.05) is 25.5 Å². The summed E-state index contributed by atoms with van der Waals surface area (Å²) >= 11 is 0. The Morgan fingerprint density at radius 2 is 1.89 bits per heavy atom. The Bertz CT molecular complexity index is 813. The SMILES string of the molecule is COc1ccccc1O[C@@H]1C[C@@H]2CN(C(=O)Cc3cccnc3)C[C@@H]2C[C@H]1O. The fraction of sp³-hybridized carbons (Fsp3) is 0.455. The summed E-state index contributed by atoms with van der Waals surface area (Å²) in [7, 11) is 1.61. The topological polar surface area (TPSA) is 71.9 Å². The van der Waals surface area contributed by atoms with Gasteiger partial charge in [-0.05, 0) is 48.4 Å². The Hall–Kier alpha value is -2.60. The van der Waals surface area contributed by atoms with Crippen molar-refractivity contribution in [3.05, 3.63) is 54.4 Å². The first-order valence-corrected chi connectivity index (χ1v) is 9.78.